The molecule has 1 aliphatic rings. The summed E-state index contributed by atoms with van der Waals surface area (Å²) in [6.07, 6.45) is 1.73. The Kier molecular flexibility index (Phi) is 4.99. The van der Waals surface area contributed by atoms with Gasteiger partial charge in [0.05, 0.1) is 18.4 Å². The minimum Gasteiger partial charge on any atom is -0.466 e. The standard InChI is InChI=1S/C17H22O4/c1-3-14-10-17(14,16(19)20-4-2)11-15(18)21-12-13-8-6-5-7-9-13/h5-9,14H,3-4,10-12H2,1-2H3/t14-,17-/m1/s1. The topological polar surface area (TPSA) is 52.6 Å². The van der Waals surface area contributed by atoms with Crippen LogP contribution >= 0.6 is 0 Å². The third-order valence-electron chi connectivity index (χ3n) is 4.11. The average molecular weight is 290 g/mol. The van der Waals surface area contributed by atoms with Gasteiger partial charge in [0.1, 0.15) is 6.61 Å². The number of rotatable bonds is 7. The fraction of sp³-hybridized carbons (Fsp3) is 0.529. The molecule has 1 saturated carbocycles. The van der Waals surface area contributed by atoms with Crippen LogP contribution in [0.3, 0.4) is 0 Å². The second kappa shape index (κ2) is 6.74. The predicted octanol–water partition coefficient (Wildman–Crippen LogP) is 3.10. The molecule has 0 heterocycles. The molecule has 2 rings (SSSR count). The zero-order valence-electron chi connectivity index (χ0n) is 12.6. The van der Waals surface area contributed by atoms with Crippen molar-refractivity contribution in [3.8, 4) is 0 Å². The number of esters is 2. The van der Waals surface area contributed by atoms with Crippen LogP contribution in [0.2, 0.25) is 0 Å². The number of carbonyl (C=O) groups is 2. The summed E-state index contributed by atoms with van der Waals surface area (Å²) in [4.78, 5) is 24.1. The Morgan fingerprint density at radius 1 is 1.19 bits per heavy atom. The lowest BCUT2D eigenvalue weighted by Crippen LogP contribution is -2.25. The van der Waals surface area contributed by atoms with Gasteiger partial charge in [0.15, 0.2) is 0 Å². The second-order valence-electron chi connectivity index (χ2n) is 5.51. The second-order valence-corrected chi connectivity index (χ2v) is 5.51. The van der Waals surface area contributed by atoms with Crippen molar-refractivity contribution in [1.29, 1.82) is 0 Å². The molecule has 0 amide bonds. The van der Waals surface area contributed by atoms with Gasteiger partial charge in [-0.2, -0.15) is 0 Å². The first-order chi connectivity index (χ1) is 10.1. The summed E-state index contributed by atoms with van der Waals surface area (Å²) in [6.45, 7) is 4.40. The molecule has 0 radical (unpaired) electrons. The van der Waals surface area contributed by atoms with Crippen molar-refractivity contribution in [2.75, 3.05) is 6.61 Å². The van der Waals surface area contributed by atoms with Gasteiger partial charge in [0.2, 0.25) is 0 Å². The average Bonchev–Trinajstić information content (AvgIpc) is 3.21. The van der Waals surface area contributed by atoms with Crippen molar-refractivity contribution in [3.05, 3.63) is 35.9 Å². The third kappa shape index (κ3) is 3.63. The minimum atomic E-state index is -0.640. The Hall–Kier alpha value is -1.84. The highest BCUT2D eigenvalue weighted by Crippen LogP contribution is 2.58. The van der Waals surface area contributed by atoms with E-state index in [2.05, 4.69) is 0 Å². The van der Waals surface area contributed by atoms with Crippen LogP contribution in [0, 0.1) is 11.3 Å². The van der Waals surface area contributed by atoms with Gasteiger partial charge >= 0.3 is 11.9 Å². The van der Waals surface area contributed by atoms with Crippen molar-refractivity contribution < 1.29 is 19.1 Å². The first-order valence-corrected chi connectivity index (χ1v) is 7.49. The van der Waals surface area contributed by atoms with Crippen molar-refractivity contribution in [1.82, 2.24) is 0 Å². The third-order valence-corrected chi connectivity index (χ3v) is 4.11. The molecule has 4 heteroatoms. The molecule has 0 saturated heterocycles. The lowest BCUT2D eigenvalue weighted by atomic mass is 9.98. The van der Waals surface area contributed by atoms with Crippen LogP contribution in [-0.4, -0.2) is 18.5 Å². The summed E-state index contributed by atoms with van der Waals surface area (Å²) >= 11 is 0. The molecule has 0 spiro atoms. The molecule has 1 aliphatic carbocycles. The highest BCUT2D eigenvalue weighted by Gasteiger charge is 2.61. The number of carbonyl (C=O) groups excluding carboxylic acids is 2. The van der Waals surface area contributed by atoms with Gasteiger partial charge in [0, 0.05) is 0 Å². The van der Waals surface area contributed by atoms with Crippen molar-refractivity contribution in [3.63, 3.8) is 0 Å². The van der Waals surface area contributed by atoms with Crippen LogP contribution in [0.1, 0.15) is 38.7 Å². The molecule has 21 heavy (non-hydrogen) atoms. The van der Waals surface area contributed by atoms with Crippen LogP contribution < -0.4 is 0 Å². The number of hydrogen-bond acceptors (Lipinski definition) is 4. The summed E-state index contributed by atoms with van der Waals surface area (Å²) in [6, 6.07) is 9.52. The molecule has 1 aromatic carbocycles. The summed E-state index contributed by atoms with van der Waals surface area (Å²) in [5.41, 5.74) is 0.303. The fourth-order valence-corrected chi connectivity index (χ4v) is 2.78. The van der Waals surface area contributed by atoms with E-state index in [0.29, 0.717) is 6.61 Å². The van der Waals surface area contributed by atoms with E-state index in [4.69, 9.17) is 9.47 Å². The van der Waals surface area contributed by atoms with Gasteiger partial charge in [-0.15, -0.1) is 0 Å². The Bertz CT molecular complexity index is 497. The van der Waals surface area contributed by atoms with E-state index in [9.17, 15) is 9.59 Å². The van der Waals surface area contributed by atoms with E-state index in [1.165, 1.54) is 0 Å². The number of ether oxygens (including phenoxy) is 2. The first-order valence-electron chi connectivity index (χ1n) is 7.49. The van der Waals surface area contributed by atoms with Crippen molar-refractivity contribution in [2.24, 2.45) is 11.3 Å². The molecule has 4 nitrogen and oxygen atoms in total. The van der Waals surface area contributed by atoms with E-state index in [1.807, 2.05) is 37.3 Å². The Morgan fingerprint density at radius 3 is 2.48 bits per heavy atom. The molecule has 114 valence electrons. The molecule has 1 fully saturated rings. The van der Waals surface area contributed by atoms with E-state index in [1.54, 1.807) is 6.92 Å². The highest BCUT2D eigenvalue weighted by atomic mass is 16.5. The zero-order valence-corrected chi connectivity index (χ0v) is 12.6. The monoisotopic (exact) mass is 290 g/mol. The smallest absolute Gasteiger partial charge is 0.312 e. The molecule has 0 unspecified atom stereocenters. The summed E-state index contributed by atoms with van der Waals surface area (Å²) in [7, 11) is 0. The first kappa shape index (κ1) is 15.5. The maximum atomic E-state index is 12.1. The molecule has 2 atom stereocenters. The van der Waals surface area contributed by atoms with Gasteiger partial charge < -0.3 is 9.47 Å². The van der Waals surface area contributed by atoms with Crippen molar-refractivity contribution >= 4 is 11.9 Å². The summed E-state index contributed by atoms with van der Waals surface area (Å²) in [5, 5.41) is 0. The van der Waals surface area contributed by atoms with Crippen LogP contribution in [0.15, 0.2) is 30.3 Å². The van der Waals surface area contributed by atoms with Gasteiger partial charge in [0.25, 0.3) is 0 Å². The van der Waals surface area contributed by atoms with E-state index in [0.717, 1.165) is 18.4 Å². The summed E-state index contributed by atoms with van der Waals surface area (Å²) < 4.78 is 10.4. The summed E-state index contributed by atoms with van der Waals surface area (Å²) in [5.74, 6) is -0.350. The van der Waals surface area contributed by atoms with E-state index in [-0.39, 0.29) is 30.9 Å². The van der Waals surface area contributed by atoms with Crippen molar-refractivity contribution in [2.45, 2.75) is 39.7 Å². The van der Waals surface area contributed by atoms with Crippen LogP contribution in [0.25, 0.3) is 0 Å². The Labute approximate surface area is 125 Å². The molecule has 0 aromatic heterocycles. The van der Waals surface area contributed by atoms with E-state index >= 15 is 0 Å². The number of hydrogen-bond donors (Lipinski definition) is 0. The Morgan fingerprint density at radius 2 is 1.90 bits per heavy atom. The quantitative estimate of drug-likeness (QED) is 0.724. The van der Waals surface area contributed by atoms with Gasteiger partial charge in [-0.3, -0.25) is 9.59 Å². The van der Waals surface area contributed by atoms with E-state index < -0.39 is 5.41 Å². The minimum absolute atomic E-state index is 0.122. The maximum absolute atomic E-state index is 12.1. The largest absolute Gasteiger partial charge is 0.466 e. The molecule has 0 aliphatic heterocycles. The maximum Gasteiger partial charge on any atom is 0.312 e. The fourth-order valence-electron chi connectivity index (χ4n) is 2.78. The lowest BCUT2D eigenvalue weighted by Gasteiger charge is -2.15. The molecule has 0 bridgehead atoms. The predicted molar refractivity (Wildman–Crippen MR) is 78.3 cm³/mol. The van der Waals surface area contributed by atoms with Gasteiger partial charge in [-0.1, -0.05) is 43.7 Å². The SMILES string of the molecule is CCOC(=O)[C@@]1(CC(=O)OCc2ccccc2)C[C@H]1CC. The van der Waals surface area contributed by atoms with Gasteiger partial charge in [-0.25, -0.2) is 0 Å². The van der Waals surface area contributed by atoms with Gasteiger partial charge in [-0.05, 0) is 24.8 Å². The van der Waals surface area contributed by atoms with Crippen LogP contribution in [-0.2, 0) is 25.7 Å². The highest BCUT2D eigenvalue weighted by molar-refractivity contribution is 5.86. The number of benzene rings is 1. The van der Waals surface area contributed by atoms with Crippen LogP contribution in [0.4, 0.5) is 0 Å². The lowest BCUT2D eigenvalue weighted by molar-refractivity contribution is -0.157. The molecule has 1 aromatic rings. The zero-order chi connectivity index (χ0) is 15.3. The molecular weight excluding hydrogens is 268 g/mol. The van der Waals surface area contributed by atoms with Crippen LogP contribution in [0.5, 0.6) is 0 Å². The normalized spacial score (nSPS) is 23.4. The molecule has 0 N–H and O–H groups in total. The molecular formula is C17H22O4. The Balaban J connectivity index is 1.89.